The summed E-state index contributed by atoms with van der Waals surface area (Å²) in [5.41, 5.74) is 0. The maximum atomic E-state index is 12.2. The van der Waals surface area contributed by atoms with E-state index in [1.807, 2.05) is 30.3 Å². The van der Waals surface area contributed by atoms with Crippen molar-refractivity contribution in [1.82, 2.24) is 4.98 Å². The molecule has 1 amide bonds. The number of fused-ring (bicyclic) bond motifs is 1. The minimum atomic E-state index is -1.46. The Labute approximate surface area is 150 Å². The van der Waals surface area contributed by atoms with Crippen LogP contribution in [0.25, 0.3) is 10.8 Å². The highest BCUT2D eigenvalue weighted by atomic mass is 16.5. The van der Waals surface area contributed by atoms with Gasteiger partial charge in [-0.1, -0.05) is 36.4 Å². The molecule has 0 saturated heterocycles. The number of aromatic nitrogens is 1. The molecular weight excluding hydrogens is 330 g/mol. The number of anilines is 1. The Bertz CT molecular complexity index is 980. The predicted octanol–water partition coefficient (Wildman–Crippen LogP) is 2.96. The first-order chi connectivity index (χ1) is 12.7. The summed E-state index contributed by atoms with van der Waals surface area (Å²) in [6.45, 7) is -0.369. The molecule has 0 aliphatic carbocycles. The quantitative estimate of drug-likeness (QED) is 0.694. The first kappa shape index (κ1) is 17.1. The summed E-state index contributed by atoms with van der Waals surface area (Å²) in [5.74, 6) is -2.02. The molecule has 0 spiro atoms. The number of amides is 1. The van der Waals surface area contributed by atoms with Crippen molar-refractivity contribution < 1.29 is 14.3 Å². The molecule has 6 heteroatoms. The van der Waals surface area contributed by atoms with E-state index in [1.165, 1.54) is 6.20 Å². The molecule has 1 N–H and O–H groups in total. The molecule has 0 fully saturated rings. The summed E-state index contributed by atoms with van der Waals surface area (Å²) in [4.78, 5) is 28.3. The van der Waals surface area contributed by atoms with Gasteiger partial charge in [-0.25, -0.2) is 4.98 Å². The lowest BCUT2D eigenvalue weighted by molar-refractivity contribution is -0.130. The number of carbonyl (C=O) groups is 2. The second-order valence-corrected chi connectivity index (χ2v) is 5.53. The van der Waals surface area contributed by atoms with Crippen molar-refractivity contribution in [2.45, 2.75) is 0 Å². The Morgan fingerprint density at radius 1 is 1.08 bits per heavy atom. The van der Waals surface area contributed by atoms with Crippen LogP contribution in [0.5, 0.6) is 5.75 Å². The van der Waals surface area contributed by atoms with E-state index in [1.54, 1.807) is 36.4 Å². The summed E-state index contributed by atoms with van der Waals surface area (Å²) in [7, 11) is 0. The number of hydrogen-bond acceptors (Lipinski definition) is 5. The lowest BCUT2D eigenvalue weighted by Gasteiger charge is -2.10. The molecule has 0 radical (unpaired) electrons. The monoisotopic (exact) mass is 345 g/mol. The van der Waals surface area contributed by atoms with Gasteiger partial charge in [-0.3, -0.25) is 9.59 Å². The molecule has 3 rings (SSSR count). The van der Waals surface area contributed by atoms with Gasteiger partial charge in [0.25, 0.3) is 5.91 Å². The van der Waals surface area contributed by atoms with Crippen molar-refractivity contribution in [2.75, 3.05) is 11.9 Å². The highest BCUT2D eigenvalue weighted by molar-refractivity contribution is 6.09. The number of benzene rings is 2. The SMILES string of the molecule is N#C[C@H](C(=O)COc1ccc2ccccc2c1)C(=O)Nc1ccccn1. The normalized spacial score (nSPS) is 11.3. The highest BCUT2D eigenvalue weighted by Crippen LogP contribution is 2.20. The molecule has 0 unspecified atom stereocenters. The van der Waals surface area contributed by atoms with Crippen LogP contribution in [-0.4, -0.2) is 23.3 Å². The number of carbonyl (C=O) groups excluding carboxylic acids is 2. The molecule has 1 atom stereocenters. The van der Waals surface area contributed by atoms with Gasteiger partial charge >= 0.3 is 0 Å². The van der Waals surface area contributed by atoms with Crippen LogP contribution in [0.4, 0.5) is 5.82 Å². The molecule has 0 aliphatic rings. The second kappa shape index (κ2) is 7.90. The fraction of sp³-hybridized carbons (Fsp3) is 0.100. The Balaban J connectivity index is 1.63. The zero-order valence-corrected chi connectivity index (χ0v) is 13.8. The van der Waals surface area contributed by atoms with E-state index in [2.05, 4.69) is 10.3 Å². The summed E-state index contributed by atoms with van der Waals surface area (Å²) < 4.78 is 5.46. The number of nitrogens with one attached hydrogen (secondary N) is 1. The number of nitrogens with zero attached hydrogens (tertiary/aromatic N) is 2. The first-order valence-electron chi connectivity index (χ1n) is 7.93. The molecule has 26 heavy (non-hydrogen) atoms. The fourth-order valence-electron chi connectivity index (χ4n) is 2.41. The van der Waals surface area contributed by atoms with Crippen molar-refractivity contribution in [3.63, 3.8) is 0 Å². The maximum absolute atomic E-state index is 12.2. The van der Waals surface area contributed by atoms with E-state index in [0.717, 1.165) is 10.8 Å². The average molecular weight is 345 g/mol. The van der Waals surface area contributed by atoms with Crippen LogP contribution in [0.2, 0.25) is 0 Å². The third-order valence-electron chi connectivity index (χ3n) is 3.73. The number of Topliss-reactive ketones (excluding diaryl/α,β-unsaturated/α-hetero) is 1. The van der Waals surface area contributed by atoms with E-state index in [0.29, 0.717) is 5.75 Å². The van der Waals surface area contributed by atoms with Crippen LogP contribution in [-0.2, 0) is 9.59 Å². The van der Waals surface area contributed by atoms with E-state index < -0.39 is 17.6 Å². The van der Waals surface area contributed by atoms with Crippen molar-refractivity contribution in [1.29, 1.82) is 5.26 Å². The smallest absolute Gasteiger partial charge is 0.250 e. The van der Waals surface area contributed by atoms with Gasteiger partial charge in [-0.15, -0.1) is 0 Å². The molecule has 0 bridgehead atoms. The molecule has 1 aromatic heterocycles. The molecule has 0 saturated carbocycles. The van der Waals surface area contributed by atoms with Crippen LogP contribution in [0, 0.1) is 17.2 Å². The summed E-state index contributed by atoms with van der Waals surface area (Å²) in [5, 5.41) is 13.6. The lowest BCUT2D eigenvalue weighted by Crippen LogP contribution is -2.32. The van der Waals surface area contributed by atoms with Gasteiger partial charge in [0, 0.05) is 6.20 Å². The molecule has 1 heterocycles. The minimum Gasteiger partial charge on any atom is -0.486 e. The van der Waals surface area contributed by atoms with E-state index >= 15 is 0 Å². The number of rotatable bonds is 6. The van der Waals surface area contributed by atoms with E-state index in [4.69, 9.17) is 4.74 Å². The fourth-order valence-corrected chi connectivity index (χ4v) is 2.41. The van der Waals surface area contributed by atoms with E-state index in [9.17, 15) is 14.9 Å². The largest absolute Gasteiger partial charge is 0.486 e. The number of ketones is 1. The third kappa shape index (κ3) is 4.02. The molecule has 6 nitrogen and oxygen atoms in total. The Morgan fingerprint density at radius 3 is 2.58 bits per heavy atom. The van der Waals surface area contributed by atoms with Crippen molar-refractivity contribution in [3.05, 3.63) is 66.9 Å². The zero-order valence-electron chi connectivity index (χ0n) is 13.8. The average Bonchev–Trinajstić information content (AvgIpc) is 2.67. The van der Waals surface area contributed by atoms with Gasteiger partial charge in [-0.2, -0.15) is 5.26 Å². The number of ether oxygens (including phenoxy) is 1. The molecule has 2 aromatic carbocycles. The second-order valence-electron chi connectivity index (χ2n) is 5.53. The lowest BCUT2D eigenvalue weighted by atomic mass is 10.1. The van der Waals surface area contributed by atoms with Crippen LogP contribution in [0.15, 0.2) is 66.9 Å². The zero-order chi connectivity index (χ0) is 18.4. The Morgan fingerprint density at radius 2 is 1.85 bits per heavy atom. The van der Waals surface area contributed by atoms with Crippen molar-refractivity contribution in [2.24, 2.45) is 5.92 Å². The van der Waals surface area contributed by atoms with E-state index in [-0.39, 0.29) is 12.4 Å². The summed E-state index contributed by atoms with van der Waals surface area (Å²) >= 11 is 0. The third-order valence-corrected chi connectivity index (χ3v) is 3.73. The first-order valence-corrected chi connectivity index (χ1v) is 7.93. The molecule has 128 valence electrons. The Hall–Kier alpha value is -3.72. The van der Waals surface area contributed by atoms with Gasteiger partial charge in [0.1, 0.15) is 18.2 Å². The summed E-state index contributed by atoms with van der Waals surface area (Å²) in [6, 6.07) is 19.8. The van der Waals surface area contributed by atoms with Gasteiger partial charge in [0.05, 0.1) is 6.07 Å². The number of hydrogen-bond donors (Lipinski definition) is 1. The number of nitriles is 1. The van der Waals surface area contributed by atoms with Gasteiger partial charge < -0.3 is 10.1 Å². The number of pyridine rings is 1. The predicted molar refractivity (Wildman–Crippen MR) is 96.4 cm³/mol. The maximum Gasteiger partial charge on any atom is 0.250 e. The molecular formula is C20H15N3O3. The van der Waals surface area contributed by atoms with Crippen molar-refractivity contribution in [3.8, 4) is 11.8 Å². The Kier molecular flexibility index (Phi) is 5.20. The highest BCUT2D eigenvalue weighted by Gasteiger charge is 2.27. The van der Waals surface area contributed by atoms with Gasteiger partial charge in [-0.05, 0) is 35.0 Å². The molecule has 3 aromatic rings. The van der Waals surface area contributed by atoms with Crippen molar-refractivity contribution >= 4 is 28.3 Å². The van der Waals surface area contributed by atoms with Gasteiger partial charge in [0.15, 0.2) is 11.7 Å². The summed E-state index contributed by atoms with van der Waals surface area (Å²) in [6.07, 6.45) is 1.50. The van der Waals surface area contributed by atoms with Gasteiger partial charge in [0.2, 0.25) is 0 Å². The standard InChI is InChI=1S/C20H15N3O3/c21-12-17(20(25)23-19-7-3-4-10-22-19)18(24)13-26-16-9-8-14-5-1-2-6-15(14)11-16/h1-11,17H,13H2,(H,22,23,25)/t17-/m1/s1. The van der Waals surface area contributed by atoms with Crippen LogP contribution in [0.3, 0.4) is 0 Å². The topological polar surface area (TPSA) is 92.1 Å². The van der Waals surface area contributed by atoms with Crippen LogP contribution >= 0.6 is 0 Å². The van der Waals surface area contributed by atoms with Crippen LogP contribution < -0.4 is 10.1 Å². The minimum absolute atomic E-state index is 0.279. The molecule has 0 aliphatic heterocycles. The van der Waals surface area contributed by atoms with Crippen LogP contribution in [0.1, 0.15) is 0 Å².